The zero-order valence-corrected chi connectivity index (χ0v) is 13.1. The van der Waals surface area contributed by atoms with Crippen molar-refractivity contribution in [1.82, 2.24) is 9.88 Å². The molecule has 1 aromatic carbocycles. The van der Waals surface area contributed by atoms with E-state index in [0.29, 0.717) is 31.7 Å². The second-order valence-electron chi connectivity index (χ2n) is 4.95. The molecule has 1 aromatic heterocycles. The predicted octanol–water partition coefficient (Wildman–Crippen LogP) is 3.04. The maximum absolute atomic E-state index is 12.7. The molecule has 1 heterocycles. The van der Waals surface area contributed by atoms with Crippen LogP contribution in [0.3, 0.4) is 0 Å². The summed E-state index contributed by atoms with van der Waals surface area (Å²) in [6.07, 6.45) is 3.71. The van der Waals surface area contributed by atoms with E-state index >= 15 is 0 Å². The summed E-state index contributed by atoms with van der Waals surface area (Å²) in [5, 5.41) is 8.81. The number of hydrogen-bond acceptors (Lipinski definition) is 4. The van der Waals surface area contributed by atoms with Crippen molar-refractivity contribution in [1.29, 1.82) is 5.26 Å². The lowest BCUT2D eigenvalue weighted by molar-refractivity contribution is 0.0746. The van der Waals surface area contributed by atoms with Gasteiger partial charge in [-0.1, -0.05) is 6.07 Å². The Labute approximate surface area is 136 Å². The Morgan fingerprint density at radius 2 is 2.09 bits per heavy atom. The van der Waals surface area contributed by atoms with E-state index in [0.717, 1.165) is 11.3 Å². The Morgan fingerprint density at radius 1 is 1.30 bits per heavy atom. The number of rotatable bonds is 7. The van der Waals surface area contributed by atoms with Crippen LogP contribution >= 0.6 is 0 Å². The van der Waals surface area contributed by atoms with Gasteiger partial charge in [0.15, 0.2) is 0 Å². The molecule has 0 aliphatic carbocycles. The number of carbonyl (C=O) groups excluding carboxylic acids is 1. The smallest absolute Gasteiger partial charge is 0.254 e. The van der Waals surface area contributed by atoms with Gasteiger partial charge in [0.05, 0.1) is 19.1 Å². The van der Waals surface area contributed by atoms with E-state index in [1.807, 2.05) is 19.1 Å². The van der Waals surface area contributed by atoms with E-state index in [2.05, 4.69) is 11.1 Å². The van der Waals surface area contributed by atoms with Crippen LogP contribution in [0.25, 0.3) is 0 Å². The molecule has 0 fully saturated rings. The first-order valence-corrected chi connectivity index (χ1v) is 7.52. The first kappa shape index (κ1) is 16.5. The van der Waals surface area contributed by atoms with Crippen molar-refractivity contribution in [2.24, 2.45) is 0 Å². The molecule has 2 rings (SSSR count). The van der Waals surface area contributed by atoms with Crippen LogP contribution in [0.4, 0.5) is 0 Å². The van der Waals surface area contributed by atoms with Crippen molar-refractivity contribution in [2.75, 3.05) is 13.2 Å². The standard InChI is InChI=1S/C18H19N3O2/c1-2-23-17-8-6-16(7-9-17)18(22)21(12-4-10-19)14-15-5-3-11-20-13-15/h3,5-9,11,13H,2,4,12,14H2,1H3. The molecule has 1 amide bonds. The van der Waals surface area contributed by atoms with Crippen LogP contribution in [-0.4, -0.2) is 28.9 Å². The van der Waals surface area contributed by atoms with Gasteiger partial charge >= 0.3 is 0 Å². The molecule has 5 heteroatoms. The lowest BCUT2D eigenvalue weighted by Gasteiger charge is -2.21. The summed E-state index contributed by atoms with van der Waals surface area (Å²) >= 11 is 0. The summed E-state index contributed by atoms with van der Waals surface area (Å²) in [4.78, 5) is 18.4. The molecule has 2 aromatic rings. The third-order valence-electron chi connectivity index (χ3n) is 3.29. The zero-order chi connectivity index (χ0) is 16.5. The molecule has 0 atom stereocenters. The van der Waals surface area contributed by atoms with Crippen LogP contribution in [-0.2, 0) is 6.54 Å². The Kier molecular flexibility index (Phi) is 6.13. The third kappa shape index (κ3) is 4.82. The maximum atomic E-state index is 12.7. The van der Waals surface area contributed by atoms with Crippen LogP contribution in [0, 0.1) is 11.3 Å². The minimum Gasteiger partial charge on any atom is -0.494 e. The van der Waals surface area contributed by atoms with Gasteiger partial charge in [-0.25, -0.2) is 0 Å². The highest BCUT2D eigenvalue weighted by Crippen LogP contribution is 2.15. The van der Waals surface area contributed by atoms with Crippen LogP contribution in [0.15, 0.2) is 48.8 Å². The summed E-state index contributed by atoms with van der Waals surface area (Å²) < 4.78 is 5.39. The number of aromatic nitrogens is 1. The number of ether oxygens (including phenoxy) is 1. The summed E-state index contributed by atoms with van der Waals surface area (Å²) in [5.41, 5.74) is 1.51. The quantitative estimate of drug-likeness (QED) is 0.788. The highest BCUT2D eigenvalue weighted by molar-refractivity contribution is 5.94. The number of hydrogen-bond donors (Lipinski definition) is 0. The number of nitriles is 1. The fraction of sp³-hybridized carbons (Fsp3) is 0.278. The van der Waals surface area contributed by atoms with Crippen molar-refractivity contribution in [3.05, 3.63) is 59.9 Å². The van der Waals surface area contributed by atoms with E-state index in [-0.39, 0.29) is 5.91 Å². The molecule has 0 saturated heterocycles. The van der Waals surface area contributed by atoms with Crippen molar-refractivity contribution in [2.45, 2.75) is 19.9 Å². The fourth-order valence-corrected chi connectivity index (χ4v) is 2.19. The molecule has 0 aliphatic heterocycles. The van der Waals surface area contributed by atoms with Gasteiger partial charge in [-0.2, -0.15) is 5.26 Å². The number of amides is 1. The average Bonchev–Trinajstić information content (AvgIpc) is 2.60. The molecule has 0 N–H and O–H groups in total. The number of nitrogens with zero attached hydrogens (tertiary/aromatic N) is 3. The highest BCUT2D eigenvalue weighted by atomic mass is 16.5. The lowest BCUT2D eigenvalue weighted by atomic mass is 10.1. The van der Waals surface area contributed by atoms with Crippen LogP contribution in [0.5, 0.6) is 5.75 Å². The molecular formula is C18H19N3O2. The van der Waals surface area contributed by atoms with E-state index in [9.17, 15) is 4.79 Å². The van der Waals surface area contributed by atoms with Gasteiger partial charge in [0.1, 0.15) is 5.75 Å². The van der Waals surface area contributed by atoms with E-state index in [4.69, 9.17) is 10.00 Å². The predicted molar refractivity (Wildman–Crippen MR) is 86.8 cm³/mol. The molecular weight excluding hydrogens is 290 g/mol. The lowest BCUT2D eigenvalue weighted by Crippen LogP contribution is -2.31. The summed E-state index contributed by atoms with van der Waals surface area (Å²) in [6, 6.07) is 12.9. The van der Waals surface area contributed by atoms with Gasteiger partial charge in [0.2, 0.25) is 0 Å². The molecule has 0 aliphatic rings. The monoisotopic (exact) mass is 309 g/mol. The van der Waals surface area contributed by atoms with Gasteiger partial charge in [-0.15, -0.1) is 0 Å². The Hall–Kier alpha value is -2.87. The molecule has 0 radical (unpaired) electrons. The number of carbonyl (C=O) groups is 1. The maximum Gasteiger partial charge on any atom is 0.254 e. The number of benzene rings is 1. The van der Waals surface area contributed by atoms with Gasteiger partial charge in [0.25, 0.3) is 5.91 Å². The molecule has 0 bridgehead atoms. The second-order valence-corrected chi connectivity index (χ2v) is 4.95. The second kappa shape index (κ2) is 8.54. The largest absolute Gasteiger partial charge is 0.494 e. The van der Waals surface area contributed by atoms with Crippen LogP contribution < -0.4 is 4.74 Å². The topological polar surface area (TPSA) is 66.2 Å². The van der Waals surface area contributed by atoms with Gasteiger partial charge < -0.3 is 9.64 Å². The van der Waals surface area contributed by atoms with E-state index < -0.39 is 0 Å². The summed E-state index contributed by atoms with van der Waals surface area (Å²) in [6.45, 7) is 3.32. The van der Waals surface area contributed by atoms with Crippen molar-refractivity contribution < 1.29 is 9.53 Å². The number of pyridine rings is 1. The zero-order valence-electron chi connectivity index (χ0n) is 13.1. The average molecular weight is 309 g/mol. The molecule has 23 heavy (non-hydrogen) atoms. The summed E-state index contributed by atoms with van der Waals surface area (Å²) in [5.74, 6) is 0.632. The SMILES string of the molecule is CCOc1ccc(C(=O)N(CCC#N)Cc2cccnc2)cc1. The van der Waals surface area contributed by atoms with Crippen molar-refractivity contribution in [3.8, 4) is 11.8 Å². The normalized spacial score (nSPS) is 9.91. The Morgan fingerprint density at radius 3 is 2.70 bits per heavy atom. The third-order valence-corrected chi connectivity index (χ3v) is 3.29. The first-order valence-electron chi connectivity index (χ1n) is 7.52. The molecule has 0 spiro atoms. The van der Waals surface area contributed by atoms with Gasteiger partial charge in [-0.3, -0.25) is 9.78 Å². The molecule has 5 nitrogen and oxygen atoms in total. The van der Waals surface area contributed by atoms with Crippen LogP contribution in [0.2, 0.25) is 0 Å². The van der Waals surface area contributed by atoms with Crippen molar-refractivity contribution >= 4 is 5.91 Å². The molecule has 0 saturated carbocycles. The van der Waals surface area contributed by atoms with Crippen molar-refractivity contribution in [3.63, 3.8) is 0 Å². The minimum absolute atomic E-state index is 0.104. The highest BCUT2D eigenvalue weighted by Gasteiger charge is 2.16. The Balaban J connectivity index is 2.13. The molecule has 118 valence electrons. The molecule has 0 unspecified atom stereocenters. The minimum atomic E-state index is -0.104. The van der Waals surface area contributed by atoms with Crippen LogP contribution in [0.1, 0.15) is 29.3 Å². The Bertz CT molecular complexity index is 663. The van der Waals surface area contributed by atoms with Gasteiger partial charge in [0, 0.05) is 31.0 Å². The van der Waals surface area contributed by atoms with E-state index in [1.165, 1.54) is 0 Å². The summed E-state index contributed by atoms with van der Waals surface area (Å²) in [7, 11) is 0. The van der Waals surface area contributed by atoms with E-state index in [1.54, 1.807) is 41.6 Å². The fourth-order valence-electron chi connectivity index (χ4n) is 2.19. The van der Waals surface area contributed by atoms with Gasteiger partial charge in [-0.05, 0) is 42.8 Å². The first-order chi connectivity index (χ1) is 11.2.